The molecule has 0 amide bonds. The van der Waals surface area contributed by atoms with E-state index in [4.69, 9.17) is 85.3 Å². The average Bonchev–Trinajstić information content (AvgIpc) is 1.42. The second-order valence-electron chi connectivity index (χ2n) is 35.8. The molecule has 10 fully saturated rings. The maximum Gasteiger partial charge on any atom is 0.519 e. The standard InChI is InChI=1S/C41H44O12.C36H36O10.C10H18O5/c1-20(2)39-31(51-39)32-41(52-32)38(6)18-17-25-28(26(38)19-27-40(41,50-27)35(39)49-36(44)53-37(3,4)5)30(48-34(25)43)29(21-9-13-23(45-7)14-10-21)47-33(42)22-11-15-24(46-8)16-12-22;1-17(2)34-28(45-34)29-36(46-29)33(3)15-14-22-25(23(33)16-24-35(36,44-24)32(34)39)27(43-31(22)38)26(18-6-10-20(40-4)11-7-18)42-30(37)19-8-12-21(41-5)13-9-19;1-9(2,3)14-7(11)13-8(12)15-10(4,5)6/h9-16,20,26-27,31-32,35H,17-19H2,1-8H3;6-13,17,23-24,28-29,32,39H,14-16H2,1-5H3;1-6H3/b30-29+;27-26+;/t26-,27-,31-,32-,35+,38-,39-,40+,41+;23-,24-,28-,29-,32+,33-,34-,35+,36+;/m00./s1. The number of carbonyl (C=O) groups excluding carboxylic acids is 7. The van der Waals surface area contributed by atoms with E-state index < -0.39 is 116 Å². The van der Waals surface area contributed by atoms with Gasteiger partial charge in [-0.05, 0) is 222 Å². The van der Waals surface area contributed by atoms with Gasteiger partial charge < -0.3 is 95.1 Å². The molecule has 4 aromatic rings. The number of aliphatic hydroxyl groups excluding tert-OH is 1. The van der Waals surface area contributed by atoms with Gasteiger partial charge in [0.1, 0.15) is 92.7 Å². The zero-order valence-corrected chi connectivity index (χ0v) is 67.5. The van der Waals surface area contributed by atoms with E-state index in [1.165, 1.54) is 0 Å². The number of ether oxygens (including phenoxy) is 19. The van der Waals surface area contributed by atoms with Crippen LogP contribution in [0.4, 0.5) is 14.4 Å². The molecule has 14 aliphatic rings. The summed E-state index contributed by atoms with van der Waals surface area (Å²) in [5, 5.41) is 11.9. The van der Waals surface area contributed by atoms with Gasteiger partial charge in [-0.3, -0.25) is 0 Å². The van der Waals surface area contributed by atoms with Crippen LogP contribution in [0.15, 0.2) is 131 Å². The van der Waals surface area contributed by atoms with Crippen molar-refractivity contribution in [1.29, 1.82) is 0 Å². The summed E-state index contributed by atoms with van der Waals surface area (Å²) >= 11 is 0. The third-order valence-electron chi connectivity index (χ3n) is 25.8. The smallest absolute Gasteiger partial charge is 0.497 e. The highest BCUT2D eigenvalue weighted by Gasteiger charge is 3.03. The zero-order valence-electron chi connectivity index (χ0n) is 67.5. The summed E-state index contributed by atoms with van der Waals surface area (Å²) in [5.41, 5.74) is -3.96. The summed E-state index contributed by atoms with van der Waals surface area (Å²) in [6.45, 7) is 28.0. The monoisotopic (exact) mass is 1570 g/mol. The molecule has 0 aromatic heterocycles. The fraction of sp³-hybridized carbons (Fsp3) is 0.552. The number of fused-ring (bicyclic) bond motifs is 8. The minimum Gasteiger partial charge on any atom is -0.497 e. The van der Waals surface area contributed by atoms with E-state index in [9.17, 15) is 38.7 Å². The number of esters is 4. The highest BCUT2D eigenvalue weighted by Crippen LogP contribution is 2.85. The highest BCUT2D eigenvalue weighted by atomic mass is 16.8. The predicted octanol–water partition coefficient (Wildman–Crippen LogP) is 13.5. The van der Waals surface area contributed by atoms with Crippen LogP contribution in [0, 0.1) is 34.5 Å². The number of cyclic esters (lactones) is 2. The van der Waals surface area contributed by atoms with Gasteiger partial charge in [-0.2, -0.15) is 0 Å². The molecule has 114 heavy (non-hydrogen) atoms. The lowest BCUT2D eigenvalue weighted by atomic mass is 9.46. The molecule has 8 heterocycles. The summed E-state index contributed by atoms with van der Waals surface area (Å²) in [6.07, 6.45) is -3.01. The van der Waals surface area contributed by atoms with Crippen LogP contribution in [0.3, 0.4) is 0 Å². The summed E-state index contributed by atoms with van der Waals surface area (Å²) in [5.74, 6) is 0.597. The van der Waals surface area contributed by atoms with Crippen LogP contribution in [-0.2, 0) is 80.6 Å². The maximum absolute atomic E-state index is 13.8. The number of methoxy groups -OCH3 is 4. The molecule has 8 aliphatic heterocycles. The Morgan fingerprint density at radius 1 is 0.439 bits per heavy atom. The van der Waals surface area contributed by atoms with Gasteiger partial charge in [0.05, 0.1) is 51.8 Å². The Morgan fingerprint density at radius 2 is 0.781 bits per heavy atom. The van der Waals surface area contributed by atoms with Crippen molar-refractivity contribution in [3.8, 4) is 23.0 Å². The Morgan fingerprint density at radius 3 is 1.16 bits per heavy atom. The van der Waals surface area contributed by atoms with Gasteiger partial charge in [0, 0.05) is 44.2 Å². The van der Waals surface area contributed by atoms with E-state index in [0.717, 1.165) is 5.57 Å². The zero-order chi connectivity index (χ0) is 81.7. The minimum absolute atomic E-state index is 0.00427. The SMILES string of the molecule is CC(C)(C)OC(=O)OC(=O)OC(C)(C)C.COc1ccc(C(=O)O/C(=C2/OC(=O)C3=C2[C@@H]2C[C@@H]4O[C@@]45[C@H](O)[C@@]4(C(C)C)O[C@H]4[C@@H]4O[C@@]45[C@@]2(C)CC3)c2ccc(OC)cc2)cc1.COc1ccc(C(=O)O/C(=C2/OC(=O)C3=C2[C@@H]2C[C@@H]4O[C@@]45[C@H](OC(=O)OC(C)(C)C)[C@@]4(C(C)C)O[C@H]4[C@@H]4O[C@@]45[C@@]2(C)CC3)c2ccc(OC)cc2)cc1. The third-order valence-corrected chi connectivity index (χ3v) is 25.8. The predicted molar refractivity (Wildman–Crippen MR) is 400 cm³/mol. The normalized spacial score (nSPS) is 35.9. The van der Waals surface area contributed by atoms with Crippen LogP contribution < -0.4 is 18.9 Å². The van der Waals surface area contributed by atoms with Gasteiger partial charge in [0.15, 0.2) is 40.3 Å². The summed E-state index contributed by atoms with van der Waals surface area (Å²) in [6, 6.07) is 27.3. The molecule has 0 bridgehead atoms. The van der Waals surface area contributed by atoms with Crippen molar-refractivity contribution < 1.29 is 129 Å². The van der Waals surface area contributed by atoms with Crippen LogP contribution in [0.5, 0.6) is 23.0 Å². The van der Waals surface area contributed by atoms with Gasteiger partial charge in [0.25, 0.3) is 0 Å². The highest BCUT2D eigenvalue weighted by molar-refractivity contribution is 6.01. The summed E-state index contributed by atoms with van der Waals surface area (Å²) < 4.78 is 111. The van der Waals surface area contributed by atoms with Crippen LogP contribution >= 0.6 is 0 Å². The van der Waals surface area contributed by atoms with Crippen molar-refractivity contribution in [2.75, 3.05) is 28.4 Å². The number of carbonyl (C=O) groups is 7. The molecule has 27 nitrogen and oxygen atoms in total. The number of aliphatic hydroxyl groups is 1. The maximum atomic E-state index is 13.8. The molecule has 18 rings (SSSR count). The first-order valence-electron chi connectivity index (χ1n) is 38.9. The Bertz CT molecular complexity index is 4780. The molecule has 18 atom stereocenters. The largest absolute Gasteiger partial charge is 0.519 e. The Kier molecular flexibility index (Phi) is 18.3. The molecular weight excluding hydrogens is 1480 g/mol. The van der Waals surface area contributed by atoms with E-state index in [2.05, 4.69) is 46.3 Å². The minimum atomic E-state index is -1.06. The lowest BCUT2D eigenvalue weighted by Crippen LogP contribution is -2.70. The molecule has 27 heteroatoms. The van der Waals surface area contributed by atoms with E-state index in [-0.39, 0.29) is 83.3 Å². The van der Waals surface area contributed by atoms with Gasteiger partial charge in [-0.15, -0.1) is 0 Å². The summed E-state index contributed by atoms with van der Waals surface area (Å²) in [4.78, 5) is 90.0. The van der Waals surface area contributed by atoms with Gasteiger partial charge in [0.2, 0.25) is 0 Å². The van der Waals surface area contributed by atoms with Crippen LogP contribution in [-0.4, -0.2) is 175 Å². The first-order valence-corrected chi connectivity index (χ1v) is 38.9. The Balaban J connectivity index is 0.000000147. The molecule has 6 saturated heterocycles. The lowest BCUT2D eigenvalue weighted by molar-refractivity contribution is -0.134. The first-order chi connectivity index (χ1) is 53.7. The topological polar surface area (TPSA) is 335 Å². The van der Waals surface area contributed by atoms with Crippen molar-refractivity contribution >= 4 is 53.9 Å². The fourth-order valence-corrected chi connectivity index (χ4v) is 20.5. The van der Waals surface area contributed by atoms with E-state index in [1.54, 1.807) is 188 Å². The second-order valence-corrected chi connectivity index (χ2v) is 35.8. The van der Waals surface area contributed by atoms with E-state index in [0.29, 0.717) is 100 Å². The van der Waals surface area contributed by atoms with Crippen molar-refractivity contribution in [2.24, 2.45) is 34.5 Å². The van der Waals surface area contributed by atoms with Crippen molar-refractivity contribution in [2.45, 2.75) is 242 Å². The molecule has 4 saturated carbocycles. The quantitative estimate of drug-likeness (QED) is 0.0427. The Hall–Kier alpha value is -9.35. The second kappa shape index (κ2) is 26.6. The number of benzene rings is 4. The lowest BCUT2D eigenvalue weighted by Gasteiger charge is -2.53. The molecule has 0 unspecified atom stereocenters. The molecule has 0 radical (unpaired) electrons. The third kappa shape index (κ3) is 11.8. The van der Waals surface area contributed by atoms with E-state index >= 15 is 0 Å². The van der Waals surface area contributed by atoms with Crippen molar-refractivity contribution in [3.05, 3.63) is 153 Å². The number of rotatable bonds is 13. The van der Waals surface area contributed by atoms with Crippen molar-refractivity contribution in [3.63, 3.8) is 0 Å². The molecule has 4 spiro atoms. The van der Waals surface area contributed by atoms with Gasteiger partial charge in [-0.25, -0.2) is 33.6 Å². The molecule has 6 aliphatic carbocycles. The van der Waals surface area contributed by atoms with Crippen LogP contribution in [0.25, 0.3) is 11.5 Å². The van der Waals surface area contributed by atoms with Gasteiger partial charge in [-0.1, -0.05) is 41.5 Å². The number of epoxide rings is 6. The van der Waals surface area contributed by atoms with Crippen LogP contribution in [0.2, 0.25) is 0 Å². The van der Waals surface area contributed by atoms with Crippen LogP contribution in [0.1, 0.15) is 174 Å². The number of hydrogen-bond donors (Lipinski definition) is 1. The fourth-order valence-electron chi connectivity index (χ4n) is 20.5. The molecule has 608 valence electrons. The Labute approximate surface area is 660 Å². The van der Waals surface area contributed by atoms with Gasteiger partial charge >= 0.3 is 42.3 Å². The summed E-state index contributed by atoms with van der Waals surface area (Å²) in [7, 11) is 6.25. The van der Waals surface area contributed by atoms with Crippen molar-refractivity contribution in [1.82, 2.24) is 0 Å². The molecule has 4 aromatic carbocycles. The number of hydrogen-bond acceptors (Lipinski definition) is 27. The molecular formula is C87H98O27. The van der Waals surface area contributed by atoms with E-state index in [1.807, 2.05) is 0 Å². The molecule has 1 N–H and O–H groups in total. The number of allylic oxidation sites excluding steroid dienone is 2. The average molecular weight is 1580 g/mol. The first kappa shape index (κ1) is 78.5.